The van der Waals surface area contributed by atoms with Crippen molar-refractivity contribution in [3.8, 4) is 0 Å². The number of hydrogen-bond donors (Lipinski definition) is 2. The van der Waals surface area contributed by atoms with Gasteiger partial charge in [0.15, 0.2) is 0 Å². The van der Waals surface area contributed by atoms with Crippen molar-refractivity contribution >= 4 is 5.91 Å². The number of nitrogens with two attached hydrogens (primary N) is 1. The fourth-order valence-electron chi connectivity index (χ4n) is 1.86. The molecule has 0 saturated heterocycles. The molecule has 0 radical (unpaired) electrons. The molecule has 0 aliphatic heterocycles. The molecule has 0 bridgehead atoms. The maximum atomic E-state index is 11.0. The van der Waals surface area contributed by atoms with Gasteiger partial charge in [0.2, 0.25) is 5.91 Å². The quantitative estimate of drug-likeness (QED) is 0.772. The van der Waals surface area contributed by atoms with Gasteiger partial charge in [-0.2, -0.15) is 0 Å². The van der Waals surface area contributed by atoms with Crippen molar-refractivity contribution < 1.29 is 9.53 Å². The minimum absolute atomic E-state index is 0.294. The highest BCUT2D eigenvalue weighted by molar-refractivity contribution is 5.74. The lowest BCUT2D eigenvalue weighted by atomic mass is 9.99. The molecule has 1 aromatic carbocycles. The minimum Gasteiger partial charge on any atom is -0.380 e. The van der Waals surface area contributed by atoms with Gasteiger partial charge in [-0.3, -0.25) is 4.79 Å². The van der Waals surface area contributed by atoms with Crippen LogP contribution in [0.1, 0.15) is 31.4 Å². The monoisotopic (exact) mass is 250 g/mol. The Morgan fingerprint density at radius 1 is 1.33 bits per heavy atom. The highest BCUT2D eigenvalue weighted by Gasteiger charge is 2.19. The summed E-state index contributed by atoms with van der Waals surface area (Å²) in [6.45, 7) is 5.22. The molecule has 0 saturated carbocycles. The summed E-state index contributed by atoms with van der Waals surface area (Å²) >= 11 is 0. The average molecular weight is 250 g/mol. The second kappa shape index (κ2) is 6.52. The van der Waals surface area contributed by atoms with Crippen LogP contribution in [0.15, 0.2) is 24.3 Å². The number of hydrogen-bond acceptors (Lipinski definition) is 3. The first kappa shape index (κ1) is 14.7. The number of methoxy groups -OCH3 is 1. The molecule has 1 amide bonds. The number of carbonyl (C=O) groups is 1. The van der Waals surface area contributed by atoms with E-state index in [1.807, 2.05) is 32.0 Å². The summed E-state index contributed by atoms with van der Waals surface area (Å²) in [5, 5.41) is 3.35. The maximum absolute atomic E-state index is 11.0. The van der Waals surface area contributed by atoms with Crippen LogP contribution in [0.25, 0.3) is 0 Å². The number of ether oxygens (including phenoxy) is 1. The lowest BCUT2D eigenvalue weighted by Crippen LogP contribution is -2.42. The van der Waals surface area contributed by atoms with Crippen LogP contribution in [0.5, 0.6) is 0 Å². The zero-order valence-corrected chi connectivity index (χ0v) is 11.3. The van der Waals surface area contributed by atoms with Gasteiger partial charge in [-0.15, -0.1) is 0 Å². The molecule has 3 N–H and O–H groups in total. The Bertz CT molecular complexity index is 403. The van der Waals surface area contributed by atoms with Crippen LogP contribution >= 0.6 is 0 Å². The van der Waals surface area contributed by atoms with E-state index in [0.29, 0.717) is 19.6 Å². The molecule has 0 heterocycles. The Balaban J connectivity index is 2.65. The molecule has 0 spiro atoms. The molecule has 0 aromatic heterocycles. The SMILES string of the molecule is COCc1ccccc1CNC(C)(C)CC(N)=O. The number of rotatable bonds is 7. The highest BCUT2D eigenvalue weighted by atomic mass is 16.5. The van der Waals surface area contributed by atoms with E-state index >= 15 is 0 Å². The lowest BCUT2D eigenvalue weighted by Gasteiger charge is -2.25. The molecule has 100 valence electrons. The van der Waals surface area contributed by atoms with E-state index in [2.05, 4.69) is 11.4 Å². The number of primary amides is 1. The van der Waals surface area contributed by atoms with E-state index in [-0.39, 0.29) is 11.4 Å². The Labute approximate surface area is 109 Å². The molecule has 4 nitrogen and oxygen atoms in total. The summed E-state index contributed by atoms with van der Waals surface area (Å²) in [6, 6.07) is 8.09. The third-order valence-electron chi connectivity index (χ3n) is 2.79. The summed E-state index contributed by atoms with van der Waals surface area (Å²) in [7, 11) is 1.68. The predicted molar refractivity (Wildman–Crippen MR) is 71.9 cm³/mol. The van der Waals surface area contributed by atoms with Gasteiger partial charge >= 0.3 is 0 Å². The van der Waals surface area contributed by atoms with Crippen molar-refractivity contribution in [3.63, 3.8) is 0 Å². The predicted octanol–water partition coefficient (Wildman–Crippen LogP) is 1.58. The first-order valence-corrected chi connectivity index (χ1v) is 6.03. The van der Waals surface area contributed by atoms with E-state index < -0.39 is 0 Å². The van der Waals surface area contributed by atoms with E-state index in [9.17, 15) is 4.79 Å². The normalized spacial score (nSPS) is 11.5. The Morgan fingerprint density at radius 3 is 2.50 bits per heavy atom. The van der Waals surface area contributed by atoms with Gasteiger partial charge in [-0.1, -0.05) is 24.3 Å². The van der Waals surface area contributed by atoms with E-state index in [1.54, 1.807) is 7.11 Å². The first-order valence-electron chi connectivity index (χ1n) is 6.03. The number of carbonyl (C=O) groups excluding carboxylic acids is 1. The summed E-state index contributed by atoms with van der Waals surface area (Å²) < 4.78 is 5.16. The van der Waals surface area contributed by atoms with E-state index in [1.165, 1.54) is 5.56 Å². The summed E-state index contributed by atoms with van der Waals surface area (Å²) in [5.41, 5.74) is 7.26. The van der Waals surface area contributed by atoms with Crippen LogP contribution < -0.4 is 11.1 Å². The maximum Gasteiger partial charge on any atom is 0.219 e. The molecule has 0 aliphatic rings. The third kappa shape index (κ3) is 4.85. The third-order valence-corrected chi connectivity index (χ3v) is 2.79. The zero-order valence-electron chi connectivity index (χ0n) is 11.3. The largest absolute Gasteiger partial charge is 0.380 e. The second-order valence-corrected chi connectivity index (χ2v) is 5.08. The van der Waals surface area contributed by atoms with Crippen LogP contribution in [-0.2, 0) is 22.7 Å². The van der Waals surface area contributed by atoms with Crippen molar-refractivity contribution in [2.24, 2.45) is 5.73 Å². The minimum atomic E-state index is -0.300. The lowest BCUT2D eigenvalue weighted by molar-refractivity contribution is -0.119. The van der Waals surface area contributed by atoms with E-state index in [4.69, 9.17) is 10.5 Å². The van der Waals surface area contributed by atoms with Crippen LogP contribution in [0, 0.1) is 0 Å². The molecule has 0 aliphatic carbocycles. The van der Waals surface area contributed by atoms with Gasteiger partial charge in [0.1, 0.15) is 0 Å². The summed E-state index contributed by atoms with van der Waals surface area (Å²) in [4.78, 5) is 11.0. The van der Waals surface area contributed by atoms with Crippen LogP contribution in [0.2, 0.25) is 0 Å². The van der Waals surface area contributed by atoms with Crippen LogP contribution in [0.4, 0.5) is 0 Å². The fraction of sp³-hybridized carbons (Fsp3) is 0.500. The molecule has 0 unspecified atom stereocenters. The van der Waals surface area contributed by atoms with E-state index in [0.717, 1.165) is 5.56 Å². The van der Waals surface area contributed by atoms with Crippen LogP contribution in [0.3, 0.4) is 0 Å². The van der Waals surface area contributed by atoms with Gasteiger partial charge < -0.3 is 15.8 Å². The molecule has 1 aromatic rings. The summed E-state index contributed by atoms with van der Waals surface area (Å²) in [6.07, 6.45) is 0.319. The zero-order chi connectivity index (χ0) is 13.6. The molecular formula is C14H22N2O2. The van der Waals surface area contributed by atoms with Gasteiger partial charge in [0.05, 0.1) is 6.61 Å². The smallest absolute Gasteiger partial charge is 0.219 e. The summed E-state index contributed by atoms with van der Waals surface area (Å²) in [5.74, 6) is -0.294. The van der Waals surface area contributed by atoms with Gasteiger partial charge in [-0.05, 0) is 25.0 Å². The molecule has 18 heavy (non-hydrogen) atoms. The van der Waals surface area contributed by atoms with Gasteiger partial charge in [0, 0.05) is 25.6 Å². The number of benzene rings is 1. The first-order chi connectivity index (χ1) is 8.44. The van der Waals surface area contributed by atoms with Crippen molar-refractivity contribution in [3.05, 3.63) is 35.4 Å². The topological polar surface area (TPSA) is 64.3 Å². The molecule has 4 heteroatoms. The molecule has 0 fully saturated rings. The Hall–Kier alpha value is -1.39. The van der Waals surface area contributed by atoms with Crippen LogP contribution in [-0.4, -0.2) is 18.6 Å². The van der Waals surface area contributed by atoms with Crippen molar-refractivity contribution in [2.75, 3.05) is 7.11 Å². The van der Waals surface area contributed by atoms with Crippen molar-refractivity contribution in [1.29, 1.82) is 0 Å². The highest BCUT2D eigenvalue weighted by Crippen LogP contribution is 2.13. The van der Waals surface area contributed by atoms with Crippen molar-refractivity contribution in [2.45, 2.75) is 39.0 Å². The number of amides is 1. The Kier molecular flexibility index (Phi) is 5.31. The van der Waals surface area contributed by atoms with Gasteiger partial charge in [0.25, 0.3) is 0 Å². The Morgan fingerprint density at radius 2 is 1.94 bits per heavy atom. The molecular weight excluding hydrogens is 228 g/mol. The molecule has 1 rings (SSSR count). The molecule has 0 atom stereocenters. The standard InChI is InChI=1S/C14H22N2O2/c1-14(2,8-13(15)17)16-9-11-6-4-5-7-12(11)10-18-3/h4-7,16H,8-10H2,1-3H3,(H2,15,17). The number of nitrogens with one attached hydrogen (secondary N) is 1. The van der Waals surface area contributed by atoms with Crippen molar-refractivity contribution in [1.82, 2.24) is 5.32 Å². The fourth-order valence-corrected chi connectivity index (χ4v) is 1.86. The average Bonchev–Trinajstić information content (AvgIpc) is 2.27. The van der Waals surface area contributed by atoms with Gasteiger partial charge in [-0.25, -0.2) is 0 Å². The second-order valence-electron chi connectivity index (χ2n) is 5.08.